The minimum Gasteiger partial charge on any atom is -0.346 e. The Morgan fingerprint density at radius 3 is 3.17 bits per heavy atom. The van der Waals surface area contributed by atoms with Crippen LogP contribution in [0.4, 0.5) is 0 Å². The first kappa shape index (κ1) is 16.1. The average molecular weight is 313 g/mol. The quantitative estimate of drug-likeness (QED) is 0.686. The number of rotatable bonds is 7. The van der Waals surface area contributed by atoms with Crippen molar-refractivity contribution in [1.82, 2.24) is 20.3 Å². The Hall–Kier alpha value is -1.72. The fourth-order valence-electron chi connectivity index (χ4n) is 3.37. The van der Waals surface area contributed by atoms with Gasteiger partial charge in [0.25, 0.3) is 0 Å². The van der Waals surface area contributed by atoms with Gasteiger partial charge in [-0.15, -0.1) is 0 Å². The van der Waals surface area contributed by atoms with Gasteiger partial charge in [0.05, 0.1) is 5.69 Å². The molecule has 2 heterocycles. The fourth-order valence-corrected chi connectivity index (χ4v) is 3.37. The molecular formula is C18H27N5. The average Bonchev–Trinajstić information content (AvgIpc) is 2.96. The van der Waals surface area contributed by atoms with Crippen LogP contribution in [0.25, 0.3) is 0 Å². The molecule has 5 heteroatoms. The maximum Gasteiger partial charge on any atom is 0.107 e. The molecule has 2 atom stereocenters. The molecule has 1 aliphatic rings. The van der Waals surface area contributed by atoms with Crippen LogP contribution in [0.2, 0.25) is 0 Å². The lowest BCUT2D eigenvalue weighted by Crippen LogP contribution is -2.29. The molecule has 2 aromatic rings. The van der Waals surface area contributed by atoms with Crippen molar-refractivity contribution in [2.75, 3.05) is 6.54 Å². The van der Waals surface area contributed by atoms with Gasteiger partial charge in [0, 0.05) is 36.6 Å². The maximum atomic E-state index is 6.21. The molecule has 4 N–H and O–H groups in total. The van der Waals surface area contributed by atoms with Gasteiger partial charge >= 0.3 is 0 Å². The summed E-state index contributed by atoms with van der Waals surface area (Å²) in [6.45, 7) is 3.01. The first-order chi connectivity index (χ1) is 11.2. The lowest BCUT2D eigenvalue weighted by Gasteiger charge is -2.25. The van der Waals surface area contributed by atoms with Crippen LogP contribution in [0.5, 0.6) is 0 Å². The smallest absolute Gasteiger partial charge is 0.107 e. The highest BCUT2D eigenvalue weighted by atomic mass is 14.9. The summed E-state index contributed by atoms with van der Waals surface area (Å²) in [5.41, 5.74) is 9.95. The van der Waals surface area contributed by atoms with Crippen molar-refractivity contribution in [3.8, 4) is 0 Å². The molecule has 0 saturated heterocycles. The van der Waals surface area contributed by atoms with Crippen molar-refractivity contribution in [3.05, 3.63) is 47.3 Å². The molecule has 0 amide bonds. The molecule has 0 bridgehead atoms. The van der Waals surface area contributed by atoms with E-state index < -0.39 is 0 Å². The van der Waals surface area contributed by atoms with Crippen molar-refractivity contribution >= 4 is 0 Å². The maximum absolute atomic E-state index is 6.21. The normalized spacial score (nSPS) is 18.6. The predicted molar refractivity (Wildman–Crippen MR) is 92.2 cm³/mol. The van der Waals surface area contributed by atoms with Crippen LogP contribution < -0.4 is 11.1 Å². The highest BCUT2D eigenvalue weighted by Gasteiger charge is 2.20. The van der Waals surface area contributed by atoms with Gasteiger partial charge in [-0.2, -0.15) is 0 Å². The molecule has 0 aromatic carbocycles. The number of hydrogen-bond acceptors (Lipinski definition) is 4. The summed E-state index contributed by atoms with van der Waals surface area (Å²) in [7, 11) is 0. The molecule has 0 aliphatic heterocycles. The molecule has 0 saturated carbocycles. The summed E-state index contributed by atoms with van der Waals surface area (Å²) in [6, 6.07) is 4.82. The van der Waals surface area contributed by atoms with Gasteiger partial charge in [-0.05, 0) is 57.2 Å². The van der Waals surface area contributed by atoms with E-state index in [9.17, 15) is 0 Å². The Balaban J connectivity index is 1.40. The van der Waals surface area contributed by atoms with E-state index >= 15 is 0 Å². The summed E-state index contributed by atoms with van der Waals surface area (Å²) >= 11 is 0. The molecule has 0 spiro atoms. The van der Waals surface area contributed by atoms with E-state index in [2.05, 4.69) is 26.3 Å². The third-order valence-electron chi connectivity index (χ3n) is 4.55. The van der Waals surface area contributed by atoms with Gasteiger partial charge in [-0.3, -0.25) is 4.98 Å². The largest absolute Gasteiger partial charge is 0.346 e. The number of aromatic amines is 1. The zero-order valence-corrected chi connectivity index (χ0v) is 13.9. The van der Waals surface area contributed by atoms with Crippen LogP contribution >= 0.6 is 0 Å². The van der Waals surface area contributed by atoms with Crippen LogP contribution in [0.1, 0.15) is 54.5 Å². The molecule has 2 unspecified atom stereocenters. The molecule has 23 heavy (non-hydrogen) atoms. The Bertz CT molecular complexity index is 621. The summed E-state index contributed by atoms with van der Waals surface area (Å²) in [4.78, 5) is 12.1. The van der Waals surface area contributed by atoms with Crippen LogP contribution in [0.15, 0.2) is 24.5 Å². The highest BCUT2D eigenvalue weighted by molar-refractivity contribution is 5.25. The Labute approximate surface area is 138 Å². The topological polar surface area (TPSA) is 79.6 Å². The molecule has 2 aromatic heterocycles. The zero-order chi connectivity index (χ0) is 16.1. The minimum atomic E-state index is 0.166. The van der Waals surface area contributed by atoms with Gasteiger partial charge in [0.1, 0.15) is 5.82 Å². The van der Waals surface area contributed by atoms with Crippen molar-refractivity contribution in [2.24, 2.45) is 5.73 Å². The third-order valence-corrected chi connectivity index (χ3v) is 4.55. The van der Waals surface area contributed by atoms with Gasteiger partial charge < -0.3 is 16.0 Å². The molecule has 0 radical (unpaired) electrons. The number of aromatic nitrogens is 3. The summed E-state index contributed by atoms with van der Waals surface area (Å²) in [6.07, 6.45) is 10.3. The SMILES string of the molecule is Cc1cnc(CC(N)CCCNC2CCCc3cccnc32)[nH]1. The number of hydrogen-bond donors (Lipinski definition) is 3. The van der Waals surface area contributed by atoms with Crippen molar-refractivity contribution in [3.63, 3.8) is 0 Å². The fraction of sp³-hybridized carbons (Fsp3) is 0.556. The van der Waals surface area contributed by atoms with Crippen LogP contribution in [-0.4, -0.2) is 27.5 Å². The van der Waals surface area contributed by atoms with E-state index in [1.54, 1.807) is 0 Å². The number of aryl methyl sites for hydroxylation is 2. The number of nitrogens with zero attached hydrogens (tertiary/aromatic N) is 2. The second-order valence-corrected chi connectivity index (χ2v) is 6.57. The van der Waals surface area contributed by atoms with E-state index in [0.29, 0.717) is 6.04 Å². The summed E-state index contributed by atoms with van der Waals surface area (Å²) in [5, 5.41) is 3.66. The van der Waals surface area contributed by atoms with E-state index in [1.165, 1.54) is 24.1 Å². The number of pyridine rings is 1. The summed E-state index contributed by atoms with van der Waals surface area (Å²) in [5.74, 6) is 0.994. The predicted octanol–water partition coefficient (Wildman–Crippen LogP) is 2.43. The second kappa shape index (κ2) is 7.70. The third kappa shape index (κ3) is 4.39. The molecule has 1 aliphatic carbocycles. The van der Waals surface area contributed by atoms with Crippen LogP contribution in [0.3, 0.4) is 0 Å². The van der Waals surface area contributed by atoms with Crippen molar-refractivity contribution in [2.45, 2.75) is 57.5 Å². The van der Waals surface area contributed by atoms with Crippen molar-refractivity contribution in [1.29, 1.82) is 0 Å². The van der Waals surface area contributed by atoms with Gasteiger partial charge in [-0.25, -0.2) is 4.98 Å². The number of nitrogens with two attached hydrogens (primary N) is 1. The van der Waals surface area contributed by atoms with Crippen LogP contribution in [-0.2, 0) is 12.8 Å². The first-order valence-corrected chi connectivity index (χ1v) is 8.65. The molecule has 5 nitrogen and oxygen atoms in total. The standard InChI is InChI=1S/C18H27N5/c1-13-12-22-17(23-13)11-15(19)7-4-9-20-16-8-2-5-14-6-3-10-21-18(14)16/h3,6,10,12,15-16,20H,2,4-5,7-9,11,19H2,1H3,(H,22,23). The highest BCUT2D eigenvalue weighted by Crippen LogP contribution is 2.27. The number of imidazole rings is 1. The summed E-state index contributed by atoms with van der Waals surface area (Å²) < 4.78 is 0. The molecule has 124 valence electrons. The first-order valence-electron chi connectivity index (χ1n) is 8.65. The van der Waals surface area contributed by atoms with E-state index in [4.69, 9.17) is 5.73 Å². The van der Waals surface area contributed by atoms with Gasteiger partial charge in [-0.1, -0.05) is 6.07 Å². The van der Waals surface area contributed by atoms with Gasteiger partial charge in [0.15, 0.2) is 0 Å². The Kier molecular flexibility index (Phi) is 5.41. The lowest BCUT2D eigenvalue weighted by molar-refractivity contribution is 0.433. The Morgan fingerprint density at radius 2 is 2.35 bits per heavy atom. The van der Waals surface area contributed by atoms with E-state index in [1.807, 2.05) is 25.4 Å². The van der Waals surface area contributed by atoms with Gasteiger partial charge in [0.2, 0.25) is 0 Å². The minimum absolute atomic E-state index is 0.166. The lowest BCUT2D eigenvalue weighted by atomic mass is 9.92. The molecule has 0 fully saturated rings. The van der Waals surface area contributed by atoms with Crippen LogP contribution in [0, 0.1) is 6.92 Å². The zero-order valence-electron chi connectivity index (χ0n) is 13.9. The van der Waals surface area contributed by atoms with Crippen molar-refractivity contribution < 1.29 is 0 Å². The number of nitrogens with one attached hydrogen (secondary N) is 2. The monoisotopic (exact) mass is 313 g/mol. The molecule has 3 rings (SSSR count). The Morgan fingerprint density at radius 1 is 1.43 bits per heavy atom. The molecular weight excluding hydrogens is 286 g/mol. The number of fused-ring (bicyclic) bond motifs is 1. The number of H-pyrrole nitrogens is 1. The van der Waals surface area contributed by atoms with E-state index in [-0.39, 0.29) is 6.04 Å². The van der Waals surface area contributed by atoms with E-state index in [0.717, 1.165) is 43.7 Å². The second-order valence-electron chi connectivity index (χ2n) is 6.57.